The zero-order valence-electron chi connectivity index (χ0n) is 7.09. The third-order valence-corrected chi connectivity index (χ3v) is 2.04. The summed E-state index contributed by atoms with van der Waals surface area (Å²) in [6, 6.07) is 2.05. The molecule has 0 atom stereocenters. The molecule has 0 radical (unpaired) electrons. The van der Waals surface area contributed by atoms with Crippen LogP contribution in [0.3, 0.4) is 0 Å². The predicted octanol–water partition coefficient (Wildman–Crippen LogP) is 2.70. The van der Waals surface area contributed by atoms with Crippen LogP contribution in [0.5, 0.6) is 0 Å². The Balaban J connectivity index is 2.68. The number of hydrogen-bond donors (Lipinski definition) is 0. The standard InChI is InChI=1S/C8H3ClF3N3/c9-6-4-1-2-5(8(10,11)12)15-7(4)14-3-13-6/h1-3H. The summed E-state index contributed by atoms with van der Waals surface area (Å²) in [5.41, 5.74) is -1.06. The van der Waals surface area contributed by atoms with Gasteiger partial charge in [0.2, 0.25) is 0 Å². The van der Waals surface area contributed by atoms with Crippen LogP contribution in [0.2, 0.25) is 5.15 Å². The second kappa shape index (κ2) is 3.30. The Morgan fingerprint density at radius 1 is 1.13 bits per heavy atom. The molecule has 0 saturated carbocycles. The summed E-state index contributed by atoms with van der Waals surface area (Å²) in [5, 5.41) is 0.383. The Hall–Kier alpha value is -1.43. The van der Waals surface area contributed by atoms with E-state index >= 15 is 0 Å². The van der Waals surface area contributed by atoms with Crippen LogP contribution in [-0.2, 0) is 6.18 Å². The lowest BCUT2D eigenvalue weighted by molar-refractivity contribution is -0.141. The molecule has 2 heterocycles. The van der Waals surface area contributed by atoms with Crippen molar-refractivity contribution in [2.24, 2.45) is 0 Å². The molecular formula is C8H3ClF3N3. The molecule has 2 rings (SSSR count). The van der Waals surface area contributed by atoms with Gasteiger partial charge in [-0.05, 0) is 12.1 Å². The molecule has 3 nitrogen and oxygen atoms in total. The Morgan fingerprint density at radius 2 is 1.87 bits per heavy atom. The smallest absolute Gasteiger partial charge is 0.224 e. The van der Waals surface area contributed by atoms with Crippen LogP contribution < -0.4 is 0 Å². The molecule has 2 aromatic rings. The molecule has 0 N–H and O–H groups in total. The number of hydrogen-bond acceptors (Lipinski definition) is 3. The fourth-order valence-corrected chi connectivity index (χ4v) is 1.26. The molecule has 0 aliphatic heterocycles. The zero-order valence-corrected chi connectivity index (χ0v) is 7.84. The van der Waals surface area contributed by atoms with Crippen LogP contribution >= 0.6 is 11.6 Å². The maximum atomic E-state index is 12.3. The van der Waals surface area contributed by atoms with E-state index in [1.54, 1.807) is 0 Å². The Kier molecular flexibility index (Phi) is 2.22. The minimum Gasteiger partial charge on any atom is -0.224 e. The van der Waals surface area contributed by atoms with E-state index in [1.807, 2.05) is 0 Å². The number of fused-ring (bicyclic) bond motifs is 1. The molecule has 0 amide bonds. The lowest BCUT2D eigenvalue weighted by atomic mass is 10.3. The van der Waals surface area contributed by atoms with Gasteiger partial charge in [0.15, 0.2) is 5.65 Å². The van der Waals surface area contributed by atoms with Crippen LogP contribution in [0, 0.1) is 0 Å². The van der Waals surface area contributed by atoms with Gasteiger partial charge >= 0.3 is 6.18 Å². The minimum absolute atomic E-state index is 0.0650. The zero-order chi connectivity index (χ0) is 11.1. The molecule has 7 heteroatoms. The van der Waals surface area contributed by atoms with Crippen LogP contribution in [0.4, 0.5) is 13.2 Å². The van der Waals surface area contributed by atoms with Crippen LogP contribution in [-0.4, -0.2) is 15.0 Å². The van der Waals surface area contributed by atoms with Gasteiger partial charge in [-0.15, -0.1) is 0 Å². The Bertz CT molecular complexity index is 512. The molecule has 78 valence electrons. The van der Waals surface area contributed by atoms with E-state index in [0.717, 1.165) is 12.4 Å². The first-order valence-electron chi connectivity index (χ1n) is 3.83. The molecular weight excluding hydrogens is 231 g/mol. The van der Waals surface area contributed by atoms with Gasteiger partial charge in [0.1, 0.15) is 17.2 Å². The molecule has 2 aromatic heterocycles. The summed E-state index contributed by atoms with van der Waals surface area (Å²) in [6.07, 6.45) is -3.41. The monoisotopic (exact) mass is 233 g/mol. The van der Waals surface area contributed by atoms with Gasteiger partial charge in [-0.3, -0.25) is 0 Å². The van der Waals surface area contributed by atoms with Crippen LogP contribution in [0.15, 0.2) is 18.5 Å². The van der Waals surface area contributed by atoms with Crippen molar-refractivity contribution in [2.45, 2.75) is 6.18 Å². The van der Waals surface area contributed by atoms with E-state index in [1.165, 1.54) is 6.07 Å². The number of alkyl halides is 3. The van der Waals surface area contributed by atoms with Crippen LogP contribution in [0.1, 0.15) is 5.69 Å². The van der Waals surface area contributed by atoms with Crippen molar-refractivity contribution in [3.8, 4) is 0 Å². The quantitative estimate of drug-likeness (QED) is 0.657. The highest BCUT2D eigenvalue weighted by Gasteiger charge is 2.32. The average molecular weight is 234 g/mol. The molecule has 0 unspecified atom stereocenters. The normalized spacial score (nSPS) is 12.0. The van der Waals surface area contributed by atoms with Gasteiger partial charge in [-0.1, -0.05) is 11.6 Å². The van der Waals surface area contributed by atoms with Gasteiger partial charge < -0.3 is 0 Å². The van der Waals surface area contributed by atoms with Crippen molar-refractivity contribution in [1.82, 2.24) is 15.0 Å². The highest BCUT2D eigenvalue weighted by Crippen LogP contribution is 2.29. The summed E-state index contributed by atoms with van der Waals surface area (Å²) in [5.74, 6) is 0. The van der Waals surface area contributed by atoms with Gasteiger partial charge in [-0.2, -0.15) is 13.2 Å². The van der Waals surface area contributed by atoms with E-state index in [2.05, 4.69) is 15.0 Å². The minimum atomic E-state index is -4.48. The van der Waals surface area contributed by atoms with Crippen LogP contribution in [0.25, 0.3) is 11.0 Å². The third-order valence-electron chi connectivity index (χ3n) is 1.74. The molecule has 0 spiro atoms. The van der Waals surface area contributed by atoms with Gasteiger partial charge in [-0.25, -0.2) is 15.0 Å². The van der Waals surface area contributed by atoms with E-state index in [-0.39, 0.29) is 10.8 Å². The predicted molar refractivity (Wildman–Crippen MR) is 47.3 cm³/mol. The third kappa shape index (κ3) is 1.85. The maximum Gasteiger partial charge on any atom is 0.433 e. The second-order valence-corrected chi connectivity index (χ2v) is 3.09. The van der Waals surface area contributed by atoms with Gasteiger partial charge in [0.05, 0.1) is 5.39 Å². The van der Waals surface area contributed by atoms with E-state index < -0.39 is 11.9 Å². The SMILES string of the molecule is FC(F)(F)c1ccc2c(Cl)ncnc2n1. The average Bonchev–Trinajstić information content (AvgIpc) is 2.16. The van der Waals surface area contributed by atoms with Crippen molar-refractivity contribution in [3.05, 3.63) is 29.3 Å². The number of rotatable bonds is 0. The summed E-state index contributed by atoms with van der Waals surface area (Å²) in [7, 11) is 0. The number of nitrogens with zero attached hydrogens (tertiary/aromatic N) is 3. The molecule has 0 bridgehead atoms. The highest BCUT2D eigenvalue weighted by molar-refractivity contribution is 6.33. The topological polar surface area (TPSA) is 38.7 Å². The van der Waals surface area contributed by atoms with E-state index in [0.29, 0.717) is 5.39 Å². The first-order chi connectivity index (χ1) is 6.98. The van der Waals surface area contributed by atoms with Crippen molar-refractivity contribution in [1.29, 1.82) is 0 Å². The van der Waals surface area contributed by atoms with E-state index in [9.17, 15) is 13.2 Å². The van der Waals surface area contributed by atoms with Gasteiger partial charge in [0.25, 0.3) is 0 Å². The first-order valence-corrected chi connectivity index (χ1v) is 4.21. The van der Waals surface area contributed by atoms with Crippen molar-refractivity contribution < 1.29 is 13.2 Å². The number of aromatic nitrogens is 3. The molecule has 15 heavy (non-hydrogen) atoms. The van der Waals surface area contributed by atoms with Crippen molar-refractivity contribution >= 4 is 22.6 Å². The second-order valence-electron chi connectivity index (χ2n) is 2.73. The molecule has 0 aromatic carbocycles. The molecule has 0 aliphatic carbocycles. The molecule has 0 fully saturated rings. The van der Waals surface area contributed by atoms with Crippen molar-refractivity contribution in [2.75, 3.05) is 0 Å². The molecule has 0 saturated heterocycles. The lowest BCUT2D eigenvalue weighted by Crippen LogP contribution is -2.08. The summed E-state index contributed by atoms with van der Waals surface area (Å²) < 4.78 is 36.8. The largest absolute Gasteiger partial charge is 0.433 e. The Morgan fingerprint density at radius 3 is 2.53 bits per heavy atom. The fourth-order valence-electron chi connectivity index (χ4n) is 1.07. The Labute approximate surface area is 86.9 Å². The fraction of sp³-hybridized carbons (Fsp3) is 0.125. The van der Waals surface area contributed by atoms with Gasteiger partial charge in [0, 0.05) is 0 Å². The first kappa shape index (κ1) is 10.1. The summed E-state index contributed by atoms with van der Waals surface area (Å²) >= 11 is 5.65. The van der Waals surface area contributed by atoms with E-state index in [4.69, 9.17) is 11.6 Å². The summed E-state index contributed by atoms with van der Waals surface area (Å²) in [4.78, 5) is 10.6. The number of pyridine rings is 1. The maximum absolute atomic E-state index is 12.3. The summed E-state index contributed by atoms with van der Waals surface area (Å²) in [6.45, 7) is 0. The highest BCUT2D eigenvalue weighted by atomic mass is 35.5. The molecule has 0 aliphatic rings. The van der Waals surface area contributed by atoms with Crippen molar-refractivity contribution in [3.63, 3.8) is 0 Å². The lowest BCUT2D eigenvalue weighted by Gasteiger charge is -2.05. The number of halogens is 4.